The number of aliphatic hydroxyl groups excluding tert-OH is 1. The Morgan fingerprint density at radius 1 is 1.29 bits per heavy atom. The maximum Gasteiger partial charge on any atom is 0.150 e. The van der Waals surface area contributed by atoms with E-state index in [4.69, 9.17) is 0 Å². The predicted octanol–water partition coefficient (Wildman–Crippen LogP) is 0.808. The van der Waals surface area contributed by atoms with Crippen molar-refractivity contribution in [1.29, 1.82) is 0 Å². The molecule has 0 saturated heterocycles. The van der Waals surface area contributed by atoms with Gasteiger partial charge in [-0.3, -0.25) is 0 Å². The van der Waals surface area contributed by atoms with Crippen molar-refractivity contribution in [2.24, 2.45) is 5.92 Å². The Hall–Kier alpha value is 0.610. The molecule has 1 atom stereocenters. The first-order valence-electron chi connectivity index (χ1n) is 4.35. The topological polar surface area (TPSA) is 54.4 Å². The van der Waals surface area contributed by atoms with Crippen LogP contribution >= 0.6 is 27.0 Å². The summed E-state index contributed by atoms with van der Waals surface area (Å²) in [6.45, 7) is 0. The molecule has 1 aliphatic rings. The molecule has 1 aliphatic carbocycles. The highest BCUT2D eigenvalue weighted by Crippen LogP contribution is 2.28. The minimum atomic E-state index is -3.01. The number of sulfone groups is 1. The highest BCUT2D eigenvalue weighted by Gasteiger charge is 2.25. The summed E-state index contributed by atoms with van der Waals surface area (Å²) in [5, 5.41) is 9.51. The maximum atomic E-state index is 10.8. The first kappa shape index (κ1) is 17.0. The Kier molecular flexibility index (Phi) is 8.48. The molecule has 0 aromatic carbocycles. The molecule has 1 rings (SSSR count). The van der Waals surface area contributed by atoms with Crippen molar-refractivity contribution < 1.29 is 13.5 Å². The fraction of sp³-hybridized carbons (Fsp3) is 1.00. The van der Waals surface area contributed by atoms with E-state index in [1.54, 1.807) is 0 Å². The lowest BCUT2D eigenvalue weighted by molar-refractivity contribution is 0.132. The van der Waals surface area contributed by atoms with Crippen LogP contribution in [0, 0.1) is 5.92 Å². The number of rotatable bonds is 3. The molecule has 14 heavy (non-hydrogen) atoms. The van der Waals surface area contributed by atoms with Gasteiger partial charge in [0.2, 0.25) is 0 Å². The van der Waals surface area contributed by atoms with Gasteiger partial charge < -0.3 is 5.11 Å². The molecule has 0 amide bonds. The van der Waals surface area contributed by atoms with Crippen LogP contribution in [0.5, 0.6) is 0 Å². The van der Waals surface area contributed by atoms with Crippen LogP contribution in [0.4, 0.5) is 0 Å². The smallest absolute Gasteiger partial charge is 0.150 e. The highest BCUT2D eigenvalue weighted by molar-refractivity contribution is 7.90. The number of hydrogen-bond acceptors (Lipinski definition) is 3. The fourth-order valence-electron chi connectivity index (χ4n) is 1.79. The second kappa shape index (κ2) is 6.98. The summed E-state index contributed by atoms with van der Waals surface area (Å²) >= 11 is 0. The molecule has 1 N–H and O–H groups in total. The van der Waals surface area contributed by atoms with Crippen molar-refractivity contribution in [2.45, 2.75) is 31.8 Å². The predicted molar refractivity (Wildman–Crippen MR) is 68.4 cm³/mol. The summed E-state index contributed by atoms with van der Waals surface area (Å²) in [6, 6.07) is 0. The summed E-state index contributed by atoms with van der Waals surface area (Å²) in [7, 11) is -3.01. The zero-order valence-electron chi connectivity index (χ0n) is 8.36. The second-order valence-electron chi connectivity index (χ2n) is 3.70. The van der Waals surface area contributed by atoms with E-state index < -0.39 is 15.9 Å². The lowest BCUT2D eigenvalue weighted by Gasteiger charge is -2.15. The molecular formula is C8H20O3S3. The largest absolute Gasteiger partial charge is 0.392 e. The number of hydrogen-bond donors (Lipinski definition) is 1. The van der Waals surface area contributed by atoms with Crippen molar-refractivity contribution in [3.63, 3.8) is 0 Å². The molecule has 1 saturated carbocycles. The molecule has 88 valence electrons. The van der Waals surface area contributed by atoms with Crippen LogP contribution in [0.15, 0.2) is 0 Å². The van der Waals surface area contributed by atoms with Crippen LogP contribution in [0.25, 0.3) is 0 Å². The normalized spacial score (nSPS) is 19.6. The van der Waals surface area contributed by atoms with E-state index in [1.165, 1.54) is 6.26 Å². The lowest BCUT2D eigenvalue weighted by Crippen LogP contribution is -2.26. The molecule has 0 unspecified atom stereocenters. The van der Waals surface area contributed by atoms with Gasteiger partial charge in [0.25, 0.3) is 0 Å². The molecule has 0 radical (unpaired) electrons. The van der Waals surface area contributed by atoms with Crippen molar-refractivity contribution in [3.05, 3.63) is 0 Å². The third kappa shape index (κ3) is 6.16. The van der Waals surface area contributed by atoms with Gasteiger partial charge in [-0.2, -0.15) is 27.0 Å². The molecular weight excluding hydrogens is 240 g/mol. The Morgan fingerprint density at radius 2 is 1.71 bits per heavy atom. The Bertz CT molecular complexity index is 232. The van der Waals surface area contributed by atoms with Crippen molar-refractivity contribution >= 4 is 36.8 Å². The van der Waals surface area contributed by atoms with E-state index in [-0.39, 0.29) is 38.7 Å². The fourth-order valence-corrected chi connectivity index (χ4v) is 2.68. The summed E-state index contributed by atoms with van der Waals surface area (Å²) in [6.07, 6.45) is 4.76. The van der Waals surface area contributed by atoms with E-state index in [0.29, 0.717) is 0 Å². The van der Waals surface area contributed by atoms with Crippen LogP contribution in [0.3, 0.4) is 0 Å². The average Bonchev–Trinajstić information content (AvgIpc) is 2.32. The minimum Gasteiger partial charge on any atom is -0.392 e. The van der Waals surface area contributed by atoms with Gasteiger partial charge in [-0.1, -0.05) is 12.8 Å². The molecule has 6 heteroatoms. The van der Waals surface area contributed by atoms with Crippen molar-refractivity contribution in [1.82, 2.24) is 0 Å². The first-order valence-corrected chi connectivity index (χ1v) is 6.41. The Labute approximate surface area is 100 Å². The molecule has 1 fully saturated rings. The standard InChI is InChI=1S/C8H16O3S.2H2S/c1-12(10,11)6-8(9)7-4-2-3-5-7;;/h7-9H,2-6H2,1H3;2*1H2/t8-;;/m1../s1. The Balaban J connectivity index is 0. The molecule has 0 aromatic heterocycles. The van der Waals surface area contributed by atoms with Gasteiger partial charge in [0.1, 0.15) is 9.84 Å². The van der Waals surface area contributed by atoms with Crippen molar-refractivity contribution in [3.8, 4) is 0 Å². The SMILES string of the molecule is CS(=O)(=O)C[C@@H](O)C1CCCC1.S.S. The lowest BCUT2D eigenvalue weighted by atomic mass is 10.0. The molecule has 3 nitrogen and oxygen atoms in total. The van der Waals surface area contributed by atoms with E-state index >= 15 is 0 Å². The van der Waals surface area contributed by atoms with Crippen LogP contribution < -0.4 is 0 Å². The van der Waals surface area contributed by atoms with Gasteiger partial charge in [-0.15, -0.1) is 0 Å². The zero-order chi connectivity index (χ0) is 9.19. The van der Waals surface area contributed by atoms with E-state index in [2.05, 4.69) is 0 Å². The highest BCUT2D eigenvalue weighted by atomic mass is 32.2. The van der Waals surface area contributed by atoms with Gasteiger partial charge in [-0.25, -0.2) is 8.42 Å². The van der Waals surface area contributed by atoms with Crippen LogP contribution in [0.1, 0.15) is 25.7 Å². The van der Waals surface area contributed by atoms with Crippen LogP contribution in [-0.2, 0) is 9.84 Å². The van der Waals surface area contributed by atoms with E-state index in [0.717, 1.165) is 25.7 Å². The van der Waals surface area contributed by atoms with Gasteiger partial charge in [0, 0.05) is 6.26 Å². The van der Waals surface area contributed by atoms with Crippen LogP contribution in [0.2, 0.25) is 0 Å². The van der Waals surface area contributed by atoms with E-state index in [1.807, 2.05) is 0 Å². The summed E-state index contributed by atoms with van der Waals surface area (Å²) in [4.78, 5) is 0. The van der Waals surface area contributed by atoms with Crippen molar-refractivity contribution in [2.75, 3.05) is 12.0 Å². The van der Waals surface area contributed by atoms with Gasteiger partial charge in [0.05, 0.1) is 11.9 Å². The third-order valence-electron chi connectivity index (χ3n) is 2.42. The summed E-state index contributed by atoms with van der Waals surface area (Å²) in [5.41, 5.74) is 0. The molecule has 0 bridgehead atoms. The number of aliphatic hydroxyl groups is 1. The second-order valence-corrected chi connectivity index (χ2v) is 5.89. The minimum absolute atomic E-state index is 0. The first-order chi connectivity index (χ1) is 5.49. The molecule has 0 aliphatic heterocycles. The zero-order valence-corrected chi connectivity index (χ0v) is 11.2. The monoisotopic (exact) mass is 260 g/mol. The molecule has 0 heterocycles. The van der Waals surface area contributed by atoms with Gasteiger partial charge in [-0.05, 0) is 18.8 Å². The van der Waals surface area contributed by atoms with Gasteiger partial charge in [0.15, 0.2) is 0 Å². The molecule has 0 spiro atoms. The summed E-state index contributed by atoms with van der Waals surface area (Å²) in [5.74, 6) is 0.150. The Morgan fingerprint density at radius 3 is 2.07 bits per heavy atom. The van der Waals surface area contributed by atoms with E-state index in [9.17, 15) is 13.5 Å². The molecule has 0 aromatic rings. The van der Waals surface area contributed by atoms with Gasteiger partial charge >= 0.3 is 0 Å². The average molecular weight is 260 g/mol. The quantitative estimate of drug-likeness (QED) is 0.817. The van der Waals surface area contributed by atoms with Crippen LogP contribution in [-0.4, -0.2) is 31.6 Å². The maximum absolute atomic E-state index is 10.8. The summed E-state index contributed by atoms with van der Waals surface area (Å²) < 4.78 is 21.7. The third-order valence-corrected chi connectivity index (χ3v) is 3.36.